The molecular weight excluding hydrogens is 248 g/mol. The second kappa shape index (κ2) is 7.29. The first-order chi connectivity index (χ1) is 9.67. The van der Waals surface area contributed by atoms with Crippen LogP contribution in [0.25, 0.3) is 0 Å². The van der Waals surface area contributed by atoms with Gasteiger partial charge in [-0.05, 0) is 38.4 Å². The number of rotatable bonds is 4. The van der Waals surface area contributed by atoms with E-state index in [0.29, 0.717) is 0 Å². The van der Waals surface area contributed by atoms with Crippen LogP contribution in [0.2, 0.25) is 0 Å². The van der Waals surface area contributed by atoms with Gasteiger partial charge >= 0.3 is 0 Å². The molecule has 1 aliphatic rings. The van der Waals surface area contributed by atoms with Crippen molar-refractivity contribution in [1.29, 1.82) is 0 Å². The summed E-state index contributed by atoms with van der Waals surface area (Å²) in [6, 6.07) is 8.59. The van der Waals surface area contributed by atoms with Gasteiger partial charge in [0, 0.05) is 26.7 Å². The first kappa shape index (κ1) is 14.9. The van der Waals surface area contributed by atoms with Crippen molar-refractivity contribution in [1.82, 2.24) is 15.5 Å². The average molecular weight is 274 g/mol. The molecular formula is C16H26N4. The highest BCUT2D eigenvalue weighted by Crippen LogP contribution is 2.12. The fourth-order valence-electron chi connectivity index (χ4n) is 2.55. The van der Waals surface area contributed by atoms with E-state index in [0.717, 1.165) is 25.0 Å². The second-order valence-electron chi connectivity index (χ2n) is 5.71. The van der Waals surface area contributed by atoms with Crippen LogP contribution in [0, 0.1) is 12.8 Å². The topological polar surface area (TPSA) is 39.7 Å². The molecule has 4 nitrogen and oxygen atoms in total. The van der Waals surface area contributed by atoms with Crippen molar-refractivity contribution in [3.8, 4) is 0 Å². The Morgan fingerprint density at radius 3 is 2.65 bits per heavy atom. The minimum Gasteiger partial charge on any atom is -0.356 e. The van der Waals surface area contributed by atoms with Crippen LogP contribution in [0.5, 0.6) is 0 Å². The Hall–Kier alpha value is -1.55. The SMILES string of the molecule is CN=C(NCc1ccc(C)cc1)NCC1CCN(C)C1. The largest absolute Gasteiger partial charge is 0.356 e. The van der Waals surface area contributed by atoms with E-state index in [1.54, 1.807) is 0 Å². The Morgan fingerprint density at radius 1 is 1.30 bits per heavy atom. The summed E-state index contributed by atoms with van der Waals surface area (Å²) in [7, 11) is 4.01. The summed E-state index contributed by atoms with van der Waals surface area (Å²) in [6.45, 7) is 6.31. The normalized spacial score (nSPS) is 20.1. The molecule has 1 heterocycles. The molecule has 1 saturated heterocycles. The van der Waals surface area contributed by atoms with Crippen molar-refractivity contribution in [3.05, 3.63) is 35.4 Å². The van der Waals surface area contributed by atoms with Gasteiger partial charge in [-0.2, -0.15) is 0 Å². The zero-order valence-corrected chi connectivity index (χ0v) is 12.8. The van der Waals surface area contributed by atoms with E-state index in [9.17, 15) is 0 Å². The maximum atomic E-state index is 4.28. The van der Waals surface area contributed by atoms with Crippen LogP contribution in [0.4, 0.5) is 0 Å². The van der Waals surface area contributed by atoms with E-state index in [-0.39, 0.29) is 0 Å². The molecule has 2 rings (SSSR count). The Balaban J connectivity index is 1.74. The fourth-order valence-corrected chi connectivity index (χ4v) is 2.55. The van der Waals surface area contributed by atoms with E-state index in [4.69, 9.17) is 0 Å². The molecule has 1 aromatic carbocycles. The van der Waals surface area contributed by atoms with Crippen LogP contribution in [0.15, 0.2) is 29.3 Å². The summed E-state index contributed by atoms with van der Waals surface area (Å²) < 4.78 is 0. The van der Waals surface area contributed by atoms with Gasteiger partial charge < -0.3 is 15.5 Å². The van der Waals surface area contributed by atoms with Gasteiger partial charge in [0.15, 0.2) is 5.96 Å². The monoisotopic (exact) mass is 274 g/mol. The number of nitrogens with zero attached hydrogens (tertiary/aromatic N) is 2. The minimum atomic E-state index is 0.734. The van der Waals surface area contributed by atoms with Gasteiger partial charge in [0.1, 0.15) is 0 Å². The summed E-state index contributed by atoms with van der Waals surface area (Å²) in [5.41, 5.74) is 2.57. The standard InChI is InChI=1S/C16H26N4/c1-13-4-6-14(7-5-13)10-18-16(17-2)19-11-15-8-9-20(3)12-15/h4-7,15H,8-12H2,1-3H3,(H2,17,18,19). The van der Waals surface area contributed by atoms with Crippen molar-refractivity contribution in [2.24, 2.45) is 10.9 Å². The molecule has 0 radical (unpaired) electrons. The Labute approximate surface area is 122 Å². The third-order valence-electron chi connectivity index (χ3n) is 3.85. The molecule has 0 bridgehead atoms. The molecule has 0 aromatic heterocycles. The van der Waals surface area contributed by atoms with E-state index < -0.39 is 0 Å². The number of aliphatic imine (C=N–C) groups is 1. The third-order valence-corrected chi connectivity index (χ3v) is 3.85. The molecule has 2 N–H and O–H groups in total. The number of aryl methyl sites for hydroxylation is 1. The van der Waals surface area contributed by atoms with Crippen LogP contribution >= 0.6 is 0 Å². The highest BCUT2D eigenvalue weighted by Gasteiger charge is 2.19. The lowest BCUT2D eigenvalue weighted by Gasteiger charge is -2.15. The number of hydrogen-bond donors (Lipinski definition) is 2. The van der Waals surface area contributed by atoms with E-state index in [1.165, 1.54) is 30.6 Å². The Bertz CT molecular complexity index is 438. The lowest BCUT2D eigenvalue weighted by molar-refractivity contribution is 0.394. The molecule has 20 heavy (non-hydrogen) atoms. The summed E-state index contributed by atoms with van der Waals surface area (Å²) in [5, 5.41) is 6.79. The maximum absolute atomic E-state index is 4.28. The van der Waals surface area contributed by atoms with E-state index >= 15 is 0 Å². The van der Waals surface area contributed by atoms with Crippen molar-refractivity contribution in [2.45, 2.75) is 19.9 Å². The highest BCUT2D eigenvalue weighted by atomic mass is 15.2. The number of benzene rings is 1. The number of likely N-dealkylation sites (tertiary alicyclic amines) is 1. The summed E-state index contributed by atoms with van der Waals surface area (Å²) >= 11 is 0. The maximum Gasteiger partial charge on any atom is 0.191 e. The van der Waals surface area contributed by atoms with Crippen LogP contribution in [0.1, 0.15) is 17.5 Å². The lowest BCUT2D eigenvalue weighted by atomic mass is 10.1. The van der Waals surface area contributed by atoms with Gasteiger partial charge in [-0.25, -0.2) is 0 Å². The molecule has 1 unspecified atom stereocenters. The van der Waals surface area contributed by atoms with Crippen molar-refractivity contribution in [2.75, 3.05) is 33.7 Å². The molecule has 1 atom stereocenters. The van der Waals surface area contributed by atoms with Gasteiger partial charge in [0.05, 0.1) is 0 Å². The first-order valence-electron chi connectivity index (χ1n) is 7.36. The molecule has 0 saturated carbocycles. The van der Waals surface area contributed by atoms with Crippen molar-refractivity contribution in [3.63, 3.8) is 0 Å². The van der Waals surface area contributed by atoms with Gasteiger partial charge in [-0.3, -0.25) is 4.99 Å². The minimum absolute atomic E-state index is 0.734. The van der Waals surface area contributed by atoms with E-state index in [2.05, 4.69) is 58.8 Å². The lowest BCUT2D eigenvalue weighted by Crippen LogP contribution is -2.39. The molecule has 0 amide bonds. The van der Waals surface area contributed by atoms with Gasteiger partial charge in [0.25, 0.3) is 0 Å². The second-order valence-corrected chi connectivity index (χ2v) is 5.71. The third kappa shape index (κ3) is 4.53. The Kier molecular flexibility index (Phi) is 5.41. The highest BCUT2D eigenvalue weighted by molar-refractivity contribution is 5.79. The molecule has 0 spiro atoms. The van der Waals surface area contributed by atoms with Crippen LogP contribution in [0.3, 0.4) is 0 Å². The molecule has 1 fully saturated rings. The predicted molar refractivity (Wildman–Crippen MR) is 85.0 cm³/mol. The van der Waals surface area contributed by atoms with Gasteiger partial charge in [-0.15, -0.1) is 0 Å². The van der Waals surface area contributed by atoms with Gasteiger partial charge in [-0.1, -0.05) is 29.8 Å². The van der Waals surface area contributed by atoms with Crippen LogP contribution in [-0.4, -0.2) is 44.6 Å². The molecule has 0 aliphatic carbocycles. The predicted octanol–water partition coefficient (Wildman–Crippen LogP) is 1.61. The number of guanidine groups is 1. The van der Waals surface area contributed by atoms with E-state index in [1.807, 2.05) is 7.05 Å². The smallest absolute Gasteiger partial charge is 0.191 e. The molecule has 4 heteroatoms. The Morgan fingerprint density at radius 2 is 2.05 bits per heavy atom. The summed E-state index contributed by atoms with van der Waals surface area (Å²) in [6.07, 6.45) is 1.28. The van der Waals surface area contributed by atoms with Crippen molar-refractivity contribution >= 4 is 5.96 Å². The molecule has 1 aromatic rings. The first-order valence-corrected chi connectivity index (χ1v) is 7.36. The van der Waals surface area contributed by atoms with Crippen LogP contribution < -0.4 is 10.6 Å². The molecule has 1 aliphatic heterocycles. The fraction of sp³-hybridized carbons (Fsp3) is 0.562. The zero-order chi connectivity index (χ0) is 14.4. The summed E-state index contributed by atoms with van der Waals surface area (Å²) in [5.74, 6) is 1.62. The average Bonchev–Trinajstić information content (AvgIpc) is 2.87. The zero-order valence-electron chi connectivity index (χ0n) is 12.8. The number of nitrogens with one attached hydrogen (secondary N) is 2. The van der Waals surface area contributed by atoms with Crippen molar-refractivity contribution < 1.29 is 0 Å². The van der Waals surface area contributed by atoms with Gasteiger partial charge in [0.2, 0.25) is 0 Å². The summed E-state index contributed by atoms with van der Waals surface area (Å²) in [4.78, 5) is 6.67. The van der Waals surface area contributed by atoms with Crippen LogP contribution in [-0.2, 0) is 6.54 Å². The quantitative estimate of drug-likeness (QED) is 0.647. The molecule has 110 valence electrons. The number of hydrogen-bond acceptors (Lipinski definition) is 2.